The molecule has 0 N–H and O–H groups in total. The van der Waals surface area contributed by atoms with E-state index >= 15 is 0 Å². The van der Waals surface area contributed by atoms with Crippen molar-refractivity contribution in [3.8, 4) is 0 Å². The summed E-state index contributed by atoms with van der Waals surface area (Å²) in [6, 6.07) is 0. The van der Waals surface area contributed by atoms with E-state index in [-0.39, 0.29) is 0 Å². The molecule has 0 saturated carbocycles. The summed E-state index contributed by atoms with van der Waals surface area (Å²) in [7, 11) is 0. The number of hydrogen-bond donors (Lipinski definition) is 0. The van der Waals surface area contributed by atoms with Gasteiger partial charge in [-0.2, -0.15) is 0 Å². The predicted octanol–water partition coefficient (Wildman–Crippen LogP) is 2.36. The van der Waals surface area contributed by atoms with Crippen LogP contribution in [0, 0.1) is 0 Å². The van der Waals surface area contributed by atoms with Crippen molar-refractivity contribution < 1.29 is 4.84 Å². The number of rotatable bonds is 1. The molecule has 2 aliphatic rings. The zero-order chi connectivity index (χ0) is 9.64. The van der Waals surface area contributed by atoms with Gasteiger partial charge in [0, 0.05) is 11.8 Å². The molecule has 0 bridgehead atoms. The van der Waals surface area contributed by atoms with Crippen molar-refractivity contribution in [3.05, 3.63) is 48.4 Å². The average Bonchev–Trinajstić information content (AvgIpc) is 2.62. The van der Waals surface area contributed by atoms with Crippen LogP contribution in [-0.2, 0) is 4.84 Å². The Balaban J connectivity index is 2.29. The van der Waals surface area contributed by atoms with Crippen molar-refractivity contribution in [2.24, 2.45) is 10.1 Å². The van der Waals surface area contributed by atoms with Crippen LogP contribution in [0.1, 0.15) is 6.42 Å². The van der Waals surface area contributed by atoms with Gasteiger partial charge in [-0.3, -0.25) is 4.99 Å². The highest BCUT2D eigenvalue weighted by Crippen LogP contribution is 2.06. The largest absolute Gasteiger partial charge is 0.365 e. The predicted molar refractivity (Wildman–Crippen MR) is 57.1 cm³/mol. The molecule has 0 radical (unpaired) electrons. The van der Waals surface area contributed by atoms with Crippen LogP contribution in [-0.4, -0.2) is 11.9 Å². The van der Waals surface area contributed by atoms with E-state index in [0.717, 1.165) is 17.7 Å². The molecule has 3 nitrogen and oxygen atoms in total. The van der Waals surface area contributed by atoms with E-state index in [0.29, 0.717) is 0 Å². The molecule has 0 aromatic heterocycles. The van der Waals surface area contributed by atoms with Gasteiger partial charge in [0.05, 0.1) is 11.9 Å². The van der Waals surface area contributed by atoms with Crippen LogP contribution in [0.15, 0.2) is 58.6 Å². The SMILES string of the molecule is C1=CON=CC(C2=NC=CCC=C2)=C1. The lowest BCUT2D eigenvalue weighted by molar-refractivity contribution is 0.271. The molecule has 0 amide bonds. The molecule has 0 unspecified atom stereocenters. The molecule has 2 heterocycles. The Hall–Kier alpha value is -1.90. The molecular formula is C11H10N2O. The van der Waals surface area contributed by atoms with E-state index in [1.54, 1.807) is 18.5 Å². The molecule has 0 aromatic carbocycles. The third kappa shape index (κ3) is 2.07. The number of oxime groups is 1. The van der Waals surface area contributed by atoms with Crippen LogP contribution >= 0.6 is 0 Å². The van der Waals surface area contributed by atoms with Crippen molar-refractivity contribution in [2.75, 3.05) is 0 Å². The second-order valence-corrected chi connectivity index (χ2v) is 2.83. The van der Waals surface area contributed by atoms with Crippen LogP contribution in [0.4, 0.5) is 0 Å². The number of hydrogen-bond acceptors (Lipinski definition) is 3. The molecule has 70 valence electrons. The molecule has 0 saturated heterocycles. The van der Waals surface area contributed by atoms with E-state index in [1.807, 2.05) is 18.2 Å². The van der Waals surface area contributed by atoms with Gasteiger partial charge in [0.2, 0.25) is 0 Å². The highest BCUT2D eigenvalue weighted by Gasteiger charge is 2.02. The second kappa shape index (κ2) is 4.37. The lowest BCUT2D eigenvalue weighted by Gasteiger charge is -1.96. The topological polar surface area (TPSA) is 34.0 Å². The summed E-state index contributed by atoms with van der Waals surface area (Å²) in [5, 5.41) is 3.74. The Morgan fingerprint density at radius 3 is 3.29 bits per heavy atom. The van der Waals surface area contributed by atoms with E-state index in [4.69, 9.17) is 4.84 Å². The quantitative estimate of drug-likeness (QED) is 0.619. The molecule has 0 fully saturated rings. The van der Waals surface area contributed by atoms with Gasteiger partial charge < -0.3 is 4.84 Å². The molecular weight excluding hydrogens is 176 g/mol. The van der Waals surface area contributed by atoms with Gasteiger partial charge in [-0.25, -0.2) is 0 Å². The number of aliphatic imine (C=N–C) groups is 1. The monoisotopic (exact) mass is 186 g/mol. The third-order valence-electron chi connectivity index (χ3n) is 1.83. The van der Waals surface area contributed by atoms with Gasteiger partial charge in [-0.15, -0.1) is 0 Å². The highest BCUT2D eigenvalue weighted by atomic mass is 16.6. The molecule has 0 aromatic rings. The van der Waals surface area contributed by atoms with Crippen molar-refractivity contribution in [2.45, 2.75) is 6.42 Å². The normalized spacial score (nSPS) is 19.4. The van der Waals surface area contributed by atoms with Gasteiger partial charge in [-0.1, -0.05) is 17.3 Å². The van der Waals surface area contributed by atoms with Crippen LogP contribution < -0.4 is 0 Å². The Kier molecular flexibility index (Phi) is 2.71. The molecule has 3 heteroatoms. The van der Waals surface area contributed by atoms with Gasteiger partial charge in [-0.05, 0) is 24.6 Å². The van der Waals surface area contributed by atoms with E-state index in [9.17, 15) is 0 Å². The van der Waals surface area contributed by atoms with Crippen molar-refractivity contribution in [1.29, 1.82) is 0 Å². The summed E-state index contributed by atoms with van der Waals surface area (Å²) >= 11 is 0. The van der Waals surface area contributed by atoms with E-state index in [2.05, 4.69) is 16.2 Å². The molecule has 2 rings (SSSR count). The molecule has 14 heavy (non-hydrogen) atoms. The summed E-state index contributed by atoms with van der Waals surface area (Å²) in [5.41, 5.74) is 1.85. The van der Waals surface area contributed by atoms with Crippen molar-refractivity contribution in [1.82, 2.24) is 0 Å². The summed E-state index contributed by atoms with van der Waals surface area (Å²) in [6.07, 6.45) is 15.7. The molecule has 0 spiro atoms. The smallest absolute Gasteiger partial charge is 0.122 e. The molecule has 0 aliphatic carbocycles. The minimum absolute atomic E-state index is 0.901. The van der Waals surface area contributed by atoms with Gasteiger partial charge in [0.1, 0.15) is 6.26 Å². The van der Waals surface area contributed by atoms with Crippen molar-refractivity contribution >= 4 is 11.9 Å². The third-order valence-corrected chi connectivity index (χ3v) is 1.83. The van der Waals surface area contributed by atoms with Crippen LogP contribution in [0.5, 0.6) is 0 Å². The summed E-state index contributed by atoms with van der Waals surface area (Å²) in [4.78, 5) is 9.08. The summed E-state index contributed by atoms with van der Waals surface area (Å²) < 4.78 is 0. The fourth-order valence-corrected chi connectivity index (χ4v) is 1.16. The summed E-state index contributed by atoms with van der Waals surface area (Å²) in [5.74, 6) is 0. The van der Waals surface area contributed by atoms with E-state index < -0.39 is 0 Å². The van der Waals surface area contributed by atoms with Crippen LogP contribution in [0.2, 0.25) is 0 Å². The Bertz CT molecular complexity index is 346. The highest BCUT2D eigenvalue weighted by molar-refractivity contribution is 6.21. The number of nitrogens with zero attached hydrogens (tertiary/aromatic N) is 2. The maximum Gasteiger partial charge on any atom is 0.122 e. The lowest BCUT2D eigenvalue weighted by atomic mass is 10.1. The van der Waals surface area contributed by atoms with Gasteiger partial charge >= 0.3 is 0 Å². The summed E-state index contributed by atoms with van der Waals surface area (Å²) in [6.45, 7) is 0. The molecule has 0 atom stereocenters. The fraction of sp³-hybridized carbons (Fsp3) is 0.0909. The Morgan fingerprint density at radius 1 is 1.29 bits per heavy atom. The first-order valence-corrected chi connectivity index (χ1v) is 4.42. The maximum absolute atomic E-state index is 4.79. The first-order valence-electron chi connectivity index (χ1n) is 4.42. The van der Waals surface area contributed by atoms with Crippen LogP contribution in [0.25, 0.3) is 0 Å². The fourth-order valence-electron chi connectivity index (χ4n) is 1.16. The average molecular weight is 186 g/mol. The lowest BCUT2D eigenvalue weighted by Crippen LogP contribution is -1.99. The zero-order valence-corrected chi connectivity index (χ0v) is 7.63. The Labute approximate surface area is 82.5 Å². The standard InChI is InChI=1S/C11H10N2O/c1-2-6-11(12-7-3-1)10-5-4-8-14-13-9-10/h2-9H,1H2. The second-order valence-electron chi connectivity index (χ2n) is 2.83. The zero-order valence-electron chi connectivity index (χ0n) is 7.63. The Morgan fingerprint density at radius 2 is 2.29 bits per heavy atom. The minimum Gasteiger partial charge on any atom is -0.365 e. The first-order chi connectivity index (χ1) is 6.97. The van der Waals surface area contributed by atoms with Crippen LogP contribution in [0.3, 0.4) is 0 Å². The molecule has 2 aliphatic heterocycles. The minimum atomic E-state index is 0.901. The number of allylic oxidation sites excluding steroid dienone is 6. The first kappa shape index (κ1) is 8.69. The van der Waals surface area contributed by atoms with Gasteiger partial charge in [0.15, 0.2) is 0 Å². The van der Waals surface area contributed by atoms with E-state index in [1.165, 1.54) is 6.26 Å². The van der Waals surface area contributed by atoms with Crippen molar-refractivity contribution in [3.63, 3.8) is 0 Å². The van der Waals surface area contributed by atoms with Gasteiger partial charge in [0.25, 0.3) is 0 Å². The maximum atomic E-state index is 4.79.